The molecule has 11 heteroatoms. The van der Waals surface area contributed by atoms with E-state index in [4.69, 9.17) is 16.7 Å². The Bertz CT molecular complexity index is 903. The first-order valence-electron chi connectivity index (χ1n) is 7.62. The minimum absolute atomic E-state index is 0.0479. The van der Waals surface area contributed by atoms with Crippen molar-refractivity contribution >= 4 is 35.0 Å². The van der Waals surface area contributed by atoms with Gasteiger partial charge in [0.05, 0.1) is 16.3 Å². The summed E-state index contributed by atoms with van der Waals surface area (Å²) in [5, 5.41) is 11.0. The van der Waals surface area contributed by atoms with E-state index in [0.29, 0.717) is 11.3 Å². The molecule has 27 heavy (non-hydrogen) atoms. The van der Waals surface area contributed by atoms with E-state index in [1.54, 1.807) is 6.92 Å². The van der Waals surface area contributed by atoms with Crippen LogP contribution in [0.15, 0.2) is 28.2 Å². The molecule has 0 saturated heterocycles. The third-order valence-corrected chi connectivity index (χ3v) is 4.66. The van der Waals surface area contributed by atoms with Gasteiger partial charge in [-0.3, -0.25) is 9.59 Å². The lowest BCUT2D eigenvalue weighted by atomic mass is 10.2. The van der Waals surface area contributed by atoms with Gasteiger partial charge >= 0.3 is 6.18 Å². The lowest BCUT2D eigenvalue weighted by molar-refractivity contribution is -0.137. The minimum atomic E-state index is -4.64. The highest BCUT2D eigenvalue weighted by atomic mass is 35.5. The van der Waals surface area contributed by atoms with Crippen LogP contribution in [-0.2, 0) is 17.4 Å². The number of alkyl halides is 3. The predicted octanol–water partition coefficient (Wildman–Crippen LogP) is 3.02. The maximum atomic E-state index is 12.8. The number of carbonyl (C=O) groups is 1. The summed E-state index contributed by atoms with van der Waals surface area (Å²) in [6.45, 7) is 1.41. The summed E-state index contributed by atoms with van der Waals surface area (Å²) in [5.41, 5.74) is -0.716. The fourth-order valence-electron chi connectivity index (χ4n) is 2.21. The smallest absolute Gasteiger partial charge is 0.396 e. The molecule has 1 aromatic carbocycles. The number of anilines is 1. The lowest BCUT2D eigenvalue weighted by Crippen LogP contribution is -2.19. The Morgan fingerprint density at radius 3 is 2.70 bits per heavy atom. The largest absolute Gasteiger partial charge is 0.417 e. The Morgan fingerprint density at radius 1 is 1.41 bits per heavy atom. The average Bonchev–Trinajstić information content (AvgIpc) is 2.57. The Labute approximate surface area is 161 Å². The first-order chi connectivity index (χ1) is 12.6. The monoisotopic (exact) mass is 421 g/mol. The Kier molecular flexibility index (Phi) is 6.90. The molecule has 146 valence electrons. The molecule has 2 rings (SSSR count). The van der Waals surface area contributed by atoms with Crippen LogP contribution in [0.25, 0.3) is 0 Å². The van der Waals surface area contributed by atoms with Crippen molar-refractivity contribution in [2.24, 2.45) is 0 Å². The number of amides is 1. The fraction of sp³-hybridized carbons (Fsp3) is 0.312. The van der Waals surface area contributed by atoms with Crippen LogP contribution >= 0.6 is 23.4 Å². The summed E-state index contributed by atoms with van der Waals surface area (Å²) < 4.78 is 38.5. The molecule has 0 radical (unpaired) electrons. The second-order valence-electron chi connectivity index (χ2n) is 5.44. The van der Waals surface area contributed by atoms with Crippen LogP contribution in [0.5, 0.6) is 0 Å². The van der Waals surface area contributed by atoms with Crippen LogP contribution in [0.1, 0.15) is 16.8 Å². The topological polar surface area (TPSA) is 95.1 Å². The highest BCUT2D eigenvalue weighted by molar-refractivity contribution is 7.99. The molecule has 3 N–H and O–H groups in total. The van der Waals surface area contributed by atoms with Crippen LogP contribution in [0.2, 0.25) is 5.02 Å². The third kappa shape index (κ3) is 5.72. The zero-order valence-electron chi connectivity index (χ0n) is 14.0. The molecule has 0 aliphatic carbocycles. The Balaban J connectivity index is 2.04. The summed E-state index contributed by atoms with van der Waals surface area (Å²) in [5.74, 6) is -0.749. The number of aliphatic hydroxyl groups is 1. The van der Waals surface area contributed by atoms with Crippen molar-refractivity contribution < 1.29 is 23.1 Å². The number of aromatic nitrogens is 2. The molecule has 1 heterocycles. The zero-order valence-corrected chi connectivity index (χ0v) is 15.6. The molecule has 0 atom stereocenters. The molecule has 0 spiro atoms. The summed E-state index contributed by atoms with van der Waals surface area (Å²) in [6.07, 6.45) is -4.47. The number of nitrogens with one attached hydrogen (secondary N) is 2. The lowest BCUT2D eigenvalue weighted by Gasteiger charge is -2.11. The number of halogens is 4. The van der Waals surface area contributed by atoms with Gasteiger partial charge < -0.3 is 15.4 Å². The van der Waals surface area contributed by atoms with Gasteiger partial charge in [-0.2, -0.15) is 13.2 Å². The first-order valence-corrected chi connectivity index (χ1v) is 8.98. The van der Waals surface area contributed by atoms with Gasteiger partial charge in [-0.25, -0.2) is 4.98 Å². The second-order valence-corrected chi connectivity index (χ2v) is 6.81. The van der Waals surface area contributed by atoms with Gasteiger partial charge in [-0.05, 0) is 25.1 Å². The molecule has 1 aromatic heterocycles. The van der Waals surface area contributed by atoms with E-state index in [0.717, 1.165) is 23.9 Å². The number of H-pyrrole nitrogens is 1. The van der Waals surface area contributed by atoms with Gasteiger partial charge in [0.2, 0.25) is 5.91 Å². The zero-order chi connectivity index (χ0) is 20.2. The van der Waals surface area contributed by atoms with Crippen LogP contribution in [0, 0.1) is 6.92 Å². The number of aromatic amines is 1. The van der Waals surface area contributed by atoms with E-state index < -0.39 is 28.2 Å². The van der Waals surface area contributed by atoms with Gasteiger partial charge in [0, 0.05) is 30.0 Å². The highest BCUT2D eigenvalue weighted by Crippen LogP contribution is 2.36. The van der Waals surface area contributed by atoms with Crippen LogP contribution < -0.4 is 10.9 Å². The Morgan fingerprint density at radius 2 is 2.11 bits per heavy atom. The van der Waals surface area contributed by atoms with Crippen molar-refractivity contribution in [3.05, 3.63) is 50.4 Å². The van der Waals surface area contributed by atoms with E-state index in [-0.39, 0.29) is 29.6 Å². The fourth-order valence-corrected chi connectivity index (χ4v) is 3.14. The quantitative estimate of drug-likeness (QED) is 0.492. The molecule has 1 amide bonds. The number of hydrogen-bond acceptors (Lipinski definition) is 5. The van der Waals surface area contributed by atoms with E-state index >= 15 is 0 Å². The predicted molar refractivity (Wildman–Crippen MR) is 96.2 cm³/mol. The van der Waals surface area contributed by atoms with Gasteiger partial charge in [0.1, 0.15) is 0 Å². The van der Waals surface area contributed by atoms with E-state index in [1.165, 1.54) is 6.07 Å². The molecule has 0 unspecified atom stereocenters. The van der Waals surface area contributed by atoms with Crippen molar-refractivity contribution in [3.63, 3.8) is 0 Å². The van der Waals surface area contributed by atoms with Gasteiger partial charge in [-0.15, -0.1) is 0 Å². The summed E-state index contributed by atoms with van der Waals surface area (Å²) >= 11 is 6.46. The van der Waals surface area contributed by atoms with E-state index in [1.807, 2.05) is 0 Å². The van der Waals surface area contributed by atoms with Crippen molar-refractivity contribution in [1.82, 2.24) is 9.97 Å². The van der Waals surface area contributed by atoms with Crippen molar-refractivity contribution in [2.45, 2.75) is 24.7 Å². The molecule has 0 fully saturated rings. The van der Waals surface area contributed by atoms with Gasteiger partial charge in [-0.1, -0.05) is 23.4 Å². The van der Waals surface area contributed by atoms with Crippen molar-refractivity contribution in [1.29, 1.82) is 0 Å². The van der Waals surface area contributed by atoms with Gasteiger partial charge in [0.25, 0.3) is 5.56 Å². The number of nitrogens with zero attached hydrogens (tertiary/aromatic N) is 1. The van der Waals surface area contributed by atoms with Crippen molar-refractivity contribution in [2.75, 3.05) is 17.7 Å². The summed E-state index contributed by atoms with van der Waals surface area (Å²) in [6, 6.07) is 3.06. The summed E-state index contributed by atoms with van der Waals surface area (Å²) in [7, 11) is 0. The number of carbonyl (C=O) groups excluding carboxylic acids is 1. The van der Waals surface area contributed by atoms with Crippen LogP contribution in [-0.4, -0.2) is 33.3 Å². The Hall–Kier alpha value is -2.04. The van der Waals surface area contributed by atoms with E-state index in [9.17, 15) is 22.8 Å². The van der Waals surface area contributed by atoms with Crippen molar-refractivity contribution in [3.8, 4) is 0 Å². The van der Waals surface area contributed by atoms with Gasteiger partial charge in [0.15, 0.2) is 5.16 Å². The second kappa shape index (κ2) is 8.77. The molecule has 2 aromatic rings. The number of benzene rings is 1. The standard InChI is InChI=1S/C16H15ClF3N3O3S/c1-8-10(4-5-24)14(26)23-15(21-8)27-7-13(25)22-9-2-3-12(17)11(6-9)16(18,19)20/h2-3,6,24H,4-5,7H2,1H3,(H,22,25)(H,21,23,26). The summed E-state index contributed by atoms with van der Waals surface area (Å²) in [4.78, 5) is 30.5. The number of aliphatic hydroxyl groups excluding tert-OH is 1. The molecule has 6 nitrogen and oxygen atoms in total. The maximum Gasteiger partial charge on any atom is 0.417 e. The molecule has 0 aliphatic rings. The molecular formula is C16H15ClF3N3O3S. The minimum Gasteiger partial charge on any atom is -0.396 e. The van der Waals surface area contributed by atoms with Crippen LogP contribution in [0.3, 0.4) is 0 Å². The average molecular weight is 422 g/mol. The molecule has 0 bridgehead atoms. The number of hydrogen-bond donors (Lipinski definition) is 3. The number of aryl methyl sites for hydroxylation is 1. The van der Waals surface area contributed by atoms with Crippen LogP contribution in [0.4, 0.5) is 18.9 Å². The highest BCUT2D eigenvalue weighted by Gasteiger charge is 2.33. The SMILES string of the molecule is Cc1nc(SCC(=O)Nc2ccc(Cl)c(C(F)(F)F)c2)[nH]c(=O)c1CCO. The first kappa shape index (κ1) is 21.3. The third-order valence-electron chi connectivity index (χ3n) is 3.46. The normalized spacial score (nSPS) is 11.5. The number of thioether (sulfide) groups is 1. The maximum absolute atomic E-state index is 12.8. The molecular weight excluding hydrogens is 407 g/mol. The number of rotatable bonds is 6. The van der Waals surface area contributed by atoms with E-state index in [2.05, 4.69) is 15.3 Å². The molecule has 0 saturated carbocycles. The molecule has 0 aliphatic heterocycles.